The van der Waals surface area contributed by atoms with Crippen molar-refractivity contribution in [3.8, 4) is 0 Å². The summed E-state index contributed by atoms with van der Waals surface area (Å²) in [5.74, 6) is 0.247. The zero-order valence-corrected chi connectivity index (χ0v) is 14.5. The minimum absolute atomic E-state index is 0.213. The second kappa shape index (κ2) is 9.16. The summed E-state index contributed by atoms with van der Waals surface area (Å²) in [5.41, 5.74) is 3.22. The summed E-state index contributed by atoms with van der Waals surface area (Å²) in [4.78, 5) is 15.0. The highest BCUT2D eigenvalue weighted by Crippen LogP contribution is 2.16. The molecule has 1 aromatic heterocycles. The van der Waals surface area contributed by atoms with Crippen LogP contribution >= 0.6 is 0 Å². The quantitative estimate of drug-likeness (QED) is 0.537. The van der Waals surface area contributed by atoms with E-state index in [2.05, 4.69) is 25.7 Å². The summed E-state index contributed by atoms with van der Waals surface area (Å²) in [7, 11) is 2.92. The van der Waals surface area contributed by atoms with Gasteiger partial charge in [-0.3, -0.25) is 0 Å². The first-order chi connectivity index (χ1) is 12.2. The van der Waals surface area contributed by atoms with Gasteiger partial charge in [-0.15, -0.1) is 10.2 Å². The SMILES string of the molecule is CON=C(C)C(C)=NOCc1ccccc1C(=NOC)c1nnco1. The van der Waals surface area contributed by atoms with Gasteiger partial charge in [0.2, 0.25) is 6.39 Å². The molecule has 2 aromatic rings. The molecular formula is C16H19N5O4. The van der Waals surface area contributed by atoms with Gasteiger partial charge in [0.1, 0.15) is 32.2 Å². The van der Waals surface area contributed by atoms with E-state index in [1.165, 1.54) is 20.6 Å². The van der Waals surface area contributed by atoms with Crippen LogP contribution in [0, 0.1) is 0 Å². The lowest BCUT2D eigenvalue weighted by Gasteiger charge is -2.08. The number of rotatable bonds is 8. The third-order valence-electron chi connectivity index (χ3n) is 3.19. The molecule has 1 heterocycles. The summed E-state index contributed by atoms with van der Waals surface area (Å²) < 4.78 is 5.23. The van der Waals surface area contributed by atoms with Crippen LogP contribution in [0.4, 0.5) is 0 Å². The fraction of sp³-hybridized carbons (Fsp3) is 0.312. The maximum atomic E-state index is 5.42. The van der Waals surface area contributed by atoms with Gasteiger partial charge in [-0.2, -0.15) is 0 Å². The highest BCUT2D eigenvalue weighted by molar-refractivity contribution is 6.40. The van der Waals surface area contributed by atoms with Gasteiger partial charge in [-0.05, 0) is 13.8 Å². The van der Waals surface area contributed by atoms with Crippen molar-refractivity contribution in [3.63, 3.8) is 0 Å². The van der Waals surface area contributed by atoms with Crippen LogP contribution in [0.5, 0.6) is 0 Å². The zero-order chi connectivity index (χ0) is 18.1. The minimum atomic E-state index is 0.213. The highest BCUT2D eigenvalue weighted by atomic mass is 16.6. The van der Waals surface area contributed by atoms with Crippen LogP contribution in [-0.2, 0) is 21.1 Å². The number of oxime groups is 3. The van der Waals surface area contributed by atoms with E-state index >= 15 is 0 Å². The minimum Gasteiger partial charge on any atom is -0.422 e. The molecule has 0 fully saturated rings. The monoisotopic (exact) mass is 345 g/mol. The topological polar surface area (TPSA) is 104 Å². The van der Waals surface area contributed by atoms with Gasteiger partial charge in [-0.1, -0.05) is 39.7 Å². The largest absolute Gasteiger partial charge is 0.422 e. The maximum absolute atomic E-state index is 5.42. The van der Waals surface area contributed by atoms with Crippen LogP contribution in [0.15, 0.2) is 50.5 Å². The summed E-state index contributed by atoms with van der Waals surface area (Å²) in [6, 6.07) is 7.49. The van der Waals surface area contributed by atoms with E-state index in [1.54, 1.807) is 13.8 Å². The molecule has 2 rings (SSSR count). The van der Waals surface area contributed by atoms with Crippen LogP contribution in [0.25, 0.3) is 0 Å². The van der Waals surface area contributed by atoms with Gasteiger partial charge in [0, 0.05) is 11.1 Å². The van der Waals surface area contributed by atoms with Gasteiger partial charge < -0.3 is 18.9 Å². The molecule has 0 radical (unpaired) electrons. The molecule has 0 spiro atoms. The van der Waals surface area contributed by atoms with E-state index in [9.17, 15) is 0 Å². The Morgan fingerprint density at radius 3 is 2.44 bits per heavy atom. The van der Waals surface area contributed by atoms with Crippen molar-refractivity contribution in [2.24, 2.45) is 15.5 Å². The Labute approximate surface area is 144 Å². The lowest BCUT2D eigenvalue weighted by Crippen LogP contribution is -2.10. The molecule has 0 bridgehead atoms. The lowest BCUT2D eigenvalue weighted by molar-refractivity contribution is 0.130. The van der Waals surface area contributed by atoms with Crippen LogP contribution in [0.2, 0.25) is 0 Å². The Kier molecular flexibility index (Phi) is 6.64. The smallest absolute Gasteiger partial charge is 0.270 e. The fourth-order valence-corrected chi connectivity index (χ4v) is 1.92. The van der Waals surface area contributed by atoms with Gasteiger partial charge in [-0.25, -0.2) is 0 Å². The predicted octanol–water partition coefficient (Wildman–Crippen LogP) is 2.38. The fourth-order valence-electron chi connectivity index (χ4n) is 1.92. The van der Waals surface area contributed by atoms with Crippen LogP contribution in [0.1, 0.15) is 30.9 Å². The van der Waals surface area contributed by atoms with Gasteiger partial charge >= 0.3 is 0 Å². The highest BCUT2D eigenvalue weighted by Gasteiger charge is 2.17. The van der Waals surface area contributed by atoms with Gasteiger partial charge in [0.25, 0.3) is 5.89 Å². The van der Waals surface area contributed by atoms with Crippen molar-refractivity contribution in [3.05, 3.63) is 47.7 Å². The van der Waals surface area contributed by atoms with Crippen molar-refractivity contribution >= 4 is 17.1 Å². The Balaban J connectivity index is 2.22. The molecule has 0 saturated heterocycles. The van der Waals surface area contributed by atoms with Crippen molar-refractivity contribution in [1.29, 1.82) is 0 Å². The number of hydrogen-bond donors (Lipinski definition) is 0. The Morgan fingerprint density at radius 2 is 1.76 bits per heavy atom. The van der Waals surface area contributed by atoms with Crippen LogP contribution in [-0.4, -0.2) is 41.6 Å². The predicted molar refractivity (Wildman–Crippen MR) is 91.4 cm³/mol. The summed E-state index contributed by atoms with van der Waals surface area (Å²) in [6.45, 7) is 3.77. The number of nitrogens with zero attached hydrogens (tertiary/aromatic N) is 5. The summed E-state index contributed by atoms with van der Waals surface area (Å²) in [6.07, 6.45) is 1.23. The third-order valence-corrected chi connectivity index (χ3v) is 3.19. The van der Waals surface area contributed by atoms with E-state index in [-0.39, 0.29) is 12.5 Å². The van der Waals surface area contributed by atoms with Crippen molar-refractivity contribution in [1.82, 2.24) is 10.2 Å². The molecule has 0 N–H and O–H groups in total. The Morgan fingerprint density at radius 1 is 1.04 bits per heavy atom. The zero-order valence-electron chi connectivity index (χ0n) is 14.5. The molecule has 0 atom stereocenters. The summed E-state index contributed by atoms with van der Waals surface area (Å²) in [5, 5.41) is 19.4. The average Bonchev–Trinajstić information content (AvgIpc) is 3.14. The standard InChI is InChI=1S/C16H19N5O4/c1-11(19-22-3)12(2)20-25-9-13-7-5-6-8-14(13)15(21-23-4)16-18-17-10-24-16/h5-8,10H,9H2,1-4H3. The number of hydrogen-bond acceptors (Lipinski definition) is 9. The second-order valence-corrected chi connectivity index (χ2v) is 4.83. The number of benzene rings is 1. The molecule has 132 valence electrons. The normalized spacial score (nSPS) is 12.9. The first-order valence-corrected chi connectivity index (χ1v) is 7.38. The molecule has 25 heavy (non-hydrogen) atoms. The lowest BCUT2D eigenvalue weighted by atomic mass is 10.0. The maximum Gasteiger partial charge on any atom is 0.270 e. The average molecular weight is 345 g/mol. The molecule has 0 aliphatic heterocycles. The number of aromatic nitrogens is 2. The second-order valence-electron chi connectivity index (χ2n) is 4.83. The van der Waals surface area contributed by atoms with Crippen molar-refractivity contribution in [2.45, 2.75) is 20.5 Å². The molecule has 0 amide bonds. The third kappa shape index (κ3) is 4.87. The van der Waals surface area contributed by atoms with E-state index < -0.39 is 0 Å². The van der Waals surface area contributed by atoms with Crippen LogP contribution < -0.4 is 0 Å². The van der Waals surface area contributed by atoms with E-state index in [4.69, 9.17) is 18.9 Å². The first kappa shape index (κ1) is 18.1. The molecule has 9 nitrogen and oxygen atoms in total. The van der Waals surface area contributed by atoms with E-state index in [1.807, 2.05) is 24.3 Å². The first-order valence-electron chi connectivity index (χ1n) is 7.38. The molecule has 9 heteroatoms. The van der Waals surface area contributed by atoms with Crippen LogP contribution in [0.3, 0.4) is 0 Å². The molecule has 0 saturated carbocycles. The molecule has 0 aliphatic carbocycles. The molecule has 0 unspecified atom stereocenters. The Hall–Kier alpha value is -3.23. The molecule has 0 aliphatic rings. The summed E-state index contributed by atoms with van der Waals surface area (Å²) >= 11 is 0. The Bertz CT molecular complexity index is 769. The van der Waals surface area contributed by atoms with Crippen molar-refractivity contribution in [2.75, 3.05) is 14.2 Å². The van der Waals surface area contributed by atoms with E-state index in [0.717, 1.165) is 11.1 Å². The molecule has 1 aromatic carbocycles. The molecular weight excluding hydrogens is 326 g/mol. The van der Waals surface area contributed by atoms with Gasteiger partial charge in [0.05, 0.1) is 0 Å². The van der Waals surface area contributed by atoms with E-state index in [0.29, 0.717) is 17.1 Å². The van der Waals surface area contributed by atoms with Crippen molar-refractivity contribution < 1.29 is 18.9 Å². The van der Waals surface area contributed by atoms with Gasteiger partial charge in [0.15, 0.2) is 5.71 Å².